The number of hydrogen-bond acceptors (Lipinski definition) is 3. The molecule has 1 rings (SSSR count). The molecule has 1 heterocycles. The van der Waals surface area contributed by atoms with Gasteiger partial charge in [-0.25, -0.2) is 0 Å². The molecule has 0 aromatic carbocycles. The van der Waals surface area contributed by atoms with E-state index in [1.807, 2.05) is 6.92 Å². The number of nitrogens with zero attached hydrogens (tertiary/aromatic N) is 1. The van der Waals surface area contributed by atoms with Crippen molar-refractivity contribution in [2.45, 2.75) is 58.5 Å². The number of aliphatic hydroxyl groups is 1. The average Bonchev–Trinajstić information content (AvgIpc) is 2.32. The summed E-state index contributed by atoms with van der Waals surface area (Å²) in [5.74, 6) is -1.07. The fraction of sp³-hybridized carbons (Fsp3) is 0.857. The maximum absolute atomic E-state index is 12.1. The summed E-state index contributed by atoms with van der Waals surface area (Å²) in [4.78, 5) is 25.0. The number of likely N-dealkylation sites (tertiary alicyclic amines) is 1. The Labute approximate surface area is 114 Å². The van der Waals surface area contributed by atoms with Crippen molar-refractivity contribution in [2.75, 3.05) is 13.1 Å². The van der Waals surface area contributed by atoms with Crippen molar-refractivity contribution in [1.29, 1.82) is 0 Å². The smallest absolute Gasteiger partial charge is 0.310 e. The molecule has 0 saturated carbocycles. The molecule has 1 aliphatic heterocycles. The van der Waals surface area contributed by atoms with Crippen molar-refractivity contribution in [1.82, 2.24) is 4.90 Å². The molecular formula is C14H25NO4. The van der Waals surface area contributed by atoms with E-state index in [1.54, 1.807) is 18.7 Å². The SMILES string of the molecule is CCCC1(O)CN(C(=O)CC(CC)(CC)C(=O)O)C1. The third-order valence-electron chi connectivity index (χ3n) is 4.34. The number of aliphatic carboxylic acids is 1. The highest BCUT2D eigenvalue weighted by Crippen LogP contribution is 2.34. The molecular weight excluding hydrogens is 246 g/mol. The van der Waals surface area contributed by atoms with Crippen molar-refractivity contribution in [3.8, 4) is 0 Å². The molecule has 0 aromatic rings. The summed E-state index contributed by atoms with van der Waals surface area (Å²) < 4.78 is 0. The van der Waals surface area contributed by atoms with Crippen LogP contribution in [0.4, 0.5) is 0 Å². The molecule has 1 saturated heterocycles. The van der Waals surface area contributed by atoms with Gasteiger partial charge in [0.15, 0.2) is 0 Å². The van der Waals surface area contributed by atoms with Crippen LogP contribution in [0.5, 0.6) is 0 Å². The molecule has 0 aliphatic carbocycles. The van der Waals surface area contributed by atoms with Crippen LogP contribution in [0.3, 0.4) is 0 Å². The summed E-state index contributed by atoms with van der Waals surface area (Å²) in [5, 5.41) is 19.4. The van der Waals surface area contributed by atoms with Gasteiger partial charge in [0.1, 0.15) is 0 Å². The summed E-state index contributed by atoms with van der Waals surface area (Å²) in [7, 11) is 0. The molecule has 5 heteroatoms. The van der Waals surface area contributed by atoms with Crippen LogP contribution in [0, 0.1) is 5.41 Å². The lowest BCUT2D eigenvalue weighted by Gasteiger charge is -2.47. The lowest BCUT2D eigenvalue weighted by Crippen LogP contribution is -2.63. The number of carboxylic acid groups (broad SMARTS) is 1. The summed E-state index contributed by atoms with van der Waals surface area (Å²) in [6, 6.07) is 0. The van der Waals surface area contributed by atoms with Gasteiger partial charge in [-0.3, -0.25) is 9.59 Å². The Morgan fingerprint density at radius 1 is 1.21 bits per heavy atom. The zero-order chi connectivity index (χ0) is 14.7. The minimum atomic E-state index is -0.963. The first kappa shape index (κ1) is 16.0. The quantitative estimate of drug-likeness (QED) is 0.738. The van der Waals surface area contributed by atoms with Crippen LogP contribution in [0.15, 0.2) is 0 Å². The lowest BCUT2D eigenvalue weighted by molar-refractivity contribution is -0.164. The number of carbonyl (C=O) groups excluding carboxylic acids is 1. The van der Waals surface area contributed by atoms with Gasteiger partial charge >= 0.3 is 5.97 Å². The molecule has 0 unspecified atom stereocenters. The number of β-amino-alcohol motifs (C(OH)–C–C–N with tert-alkyl or cyclic N) is 1. The maximum Gasteiger partial charge on any atom is 0.310 e. The Kier molecular flexibility index (Phi) is 4.96. The molecule has 1 fully saturated rings. The van der Waals surface area contributed by atoms with Gasteiger partial charge in [-0.15, -0.1) is 0 Å². The molecule has 0 atom stereocenters. The van der Waals surface area contributed by atoms with Gasteiger partial charge in [0, 0.05) is 6.42 Å². The third-order valence-corrected chi connectivity index (χ3v) is 4.34. The summed E-state index contributed by atoms with van der Waals surface area (Å²) in [6.07, 6.45) is 2.47. The van der Waals surface area contributed by atoms with E-state index in [1.165, 1.54) is 0 Å². The van der Waals surface area contributed by atoms with Crippen molar-refractivity contribution in [2.24, 2.45) is 5.41 Å². The number of hydrogen-bond donors (Lipinski definition) is 2. The minimum Gasteiger partial charge on any atom is -0.481 e. The lowest BCUT2D eigenvalue weighted by atomic mass is 9.78. The Morgan fingerprint density at radius 2 is 1.74 bits per heavy atom. The first-order chi connectivity index (χ1) is 8.82. The molecule has 1 amide bonds. The van der Waals surface area contributed by atoms with Gasteiger partial charge in [-0.05, 0) is 19.3 Å². The molecule has 5 nitrogen and oxygen atoms in total. The highest BCUT2D eigenvalue weighted by Gasteiger charge is 2.45. The van der Waals surface area contributed by atoms with Crippen LogP contribution in [0.2, 0.25) is 0 Å². The van der Waals surface area contributed by atoms with E-state index >= 15 is 0 Å². The van der Waals surface area contributed by atoms with Crippen molar-refractivity contribution < 1.29 is 19.8 Å². The highest BCUT2D eigenvalue weighted by atomic mass is 16.4. The Balaban J connectivity index is 2.59. The molecule has 19 heavy (non-hydrogen) atoms. The molecule has 0 spiro atoms. The van der Waals surface area contributed by atoms with Crippen LogP contribution in [0.1, 0.15) is 52.9 Å². The standard InChI is InChI=1S/C14H25NO4/c1-4-7-14(19)9-15(10-14)11(16)8-13(5-2,6-3)12(17)18/h19H,4-10H2,1-3H3,(H,17,18). The second kappa shape index (κ2) is 5.90. The van der Waals surface area contributed by atoms with E-state index in [-0.39, 0.29) is 12.3 Å². The van der Waals surface area contributed by atoms with Crippen LogP contribution in [-0.2, 0) is 9.59 Å². The fourth-order valence-electron chi connectivity index (χ4n) is 2.74. The van der Waals surface area contributed by atoms with Crippen molar-refractivity contribution in [3.05, 3.63) is 0 Å². The normalized spacial score (nSPS) is 18.0. The van der Waals surface area contributed by atoms with E-state index in [2.05, 4.69) is 0 Å². The van der Waals surface area contributed by atoms with Gasteiger partial charge < -0.3 is 15.1 Å². The van der Waals surface area contributed by atoms with E-state index < -0.39 is 17.0 Å². The number of carbonyl (C=O) groups is 2. The molecule has 0 bridgehead atoms. The maximum atomic E-state index is 12.1. The van der Waals surface area contributed by atoms with Crippen molar-refractivity contribution in [3.63, 3.8) is 0 Å². The zero-order valence-corrected chi connectivity index (χ0v) is 12.1. The second-order valence-corrected chi connectivity index (χ2v) is 5.69. The number of carboxylic acids is 1. The number of amides is 1. The third kappa shape index (κ3) is 3.26. The summed E-state index contributed by atoms with van der Waals surface area (Å²) in [6.45, 7) is 6.26. The van der Waals surface area contributed by atoms with Gasteiger partial charge in [0.05, 0.1) is 24.1 Å². The number of rotatable bonds is 7. The van der Waals surface area contributed by atoms with Gasteiger partial charge in [0.2, 0.25) is 5.91 Å². The average molecular weight is 271 g/mol. The predicted octanol–water partition coefficient (Wildman–Crippen LogP) is 1.64. The van der Waals surface area contributed by atoms with Crippen LogP contribution in [-0.4, -0.2) is 45.7 Å². The molecule has 1 aliphatic rings. The summed E-state index contributed by atoms with van der Waals surface area (Å²) >= 11 is 0. The first-order valence-corrected chi connectivity index (χ1v) is 7.06. The van der Waals surface area contributed by atoms with Gasteiger partial charge in [0.25, 0.3) is 0 Å². The Morgan fingerprint density at radius 3 is 2.11 bits per heavy atom. The topological polar surface area (TPSA) is 77.8 Å². The van der Waals surface area contributed by atoms with Crippen LogP contribution < -0.4 is 0 Å². The first-order valence-electron chi connectivity index (χ1n) is 7.06. The van der Waals surface area contributed by atoms with E-state index in [9.17, 15) is 19.8 Å². The van der Waals surface area contributed by atoms with Crippen LogP contribution in [0.25, 0.3) is 0 Å². The Bertz CT molecular complexity index is 343. The van der Waals surface area contributed by atoms with Gasteiger partial charge in [-0.2, -0.15) is 0 Å². The fourth-order valence-corrected chi connectivity index (χ4v) is 2.74. The van der Waals surface area contributed by atoms with Crippen molar-refractivity contribution >= 4 is 11.9 Å². The molecule has 0 radical (unpaired) electrons. The highest BCUT2D eigenvalue weighted by molar-refractivity contribution is 5.85. The molecule has 2 N–H and O–H groups in total. The molecule has 0 aromatic heterocycles. The van der Waals surface area contributed by atoms with Gasteiger partial charge in [-0.1, -0.05) is 27.2 Å². The zero-order valence-electron chi connectivity index (χ0n) is 12.1. The van der Waals surface area contributed by atoms with E-state index in [4.69, 9.17) is 0 Å². The second-order valence-electron chi connectivity index (χ2n) is 5.69. The monoisotopic (exact) mass is 271 g/mol. The molecule has 110 valence electrons. The predicted molar refractivity (Wildman–Crippen MR) is 71.7 cm³/mol. The van der Waals surface area contributed by atoms with E-state index in [0.29, 0.717) is 32.4 Å². The van der Waals surface area contributed by atoms with E-state index in [0.717, 1.165) is 6.42 Å². The van der Waals surface area contributed by atoms with Crippen LogP contribution >= 0.6 is 0 Å². The minimum absolute atomic E-state index is 0.0253. The largest absolute Gasteiger partial charge is 0.481 e. The Hall–Kier alpha value is -1.10. The summed E-state index contributed by atoms with van der Waals surface area (Å²) in [5.41, 5.74) is -1.72.